The number of hydrogen-bond donors (Lipinski definition) is 2. The summed E-state index contributed by atoms with van der Waals surface area (Å²) in [5.41, 5.74) is 1.29. The lowest BCUT2D eigenvalue weighted by Gasteiger charge is -2.31. The topological polar surface area (TPSA) is 92.8 Å². The molecule has 1 saturated heterocycles. The number of nitrogens with zero attached hydrogens (tertiary/aromatic N) is 2. The van der Waals surface area contributed by atoms with Gasteiger partial charge in [-0.15, -0.1) is 0 Å². The van der Waals surface area contributed by atoms with Crippen molar-refractivity contribution < 1.29 is 19.1 Å². The van der Waals surface area contributed by atoms with Crippen LogP contribution in [0.5, 0.6) is 5.75 Å². The maximum atomic E-state index is 12.7. The first-order valence-electron chi connectivity index (χ1n) is 9.69. The second kappa shape index (κ2) is 9.77. The summed E-state index contributed by atoms with van der Waals surface area (Å²) < 4.78 is 10.4. The summed E-state index contributed by atoms with van der Waals surface area (Å²) in [5, 5.41) is 6.22. The molecular weight excluding hydrogens is 372 g/mol. The summed E-state index contributed by atoms with van der Waals surface area (Å²) in [5.74, 6) is 1.09. The van der Waals surface area contributed by atoms with Crippen LogP contribution in [0.3, 0.4) is 0 Å². The van der Waals surface area contributed by atoms with E-state index < -0.39 is 0 Å². The van der Waals surface area contributed by atoms with Crippen LogP contribution in [0.15, 0.2) is 42.6 Å². The molecule has 1 aliphatic heterocycles. The van der Waals surface area contributed by atoms with Gasteiger partial charge in [0.1, 0.15) is 11.6 Å². The number of benzene rings is 1. The summed E-state index contributed by atoms with van der Waals surface area (Å²) in [6, 6.07) is 10.9. The molecule has 1 aliphatic rings. The number of nitrogens with one attached hydrogen (secondary N) is 2. The van der Waals surface area contributed by atoms with Crippen LogP contribution < -0.4 is 15.4 Å². The van der Waals surface area contributed by atoms with Crippen molar-refractivity contribution in [2.45, 2.75) is 25.8 Å². The minimum Gasteiger partial charge on any atom is -0.495 e. The lowest BCUT2D eigenvalue weighted by atomic mass is 10.0. The highest BCUT2D eigenvalue weighted by Gasteiger charge is 2.24. The van der Waals surface area contributed by atoms with Crippen molar-refractivity contribution in [1.82, 2.24) is 15.2 Å². The number of rotatable bonds is 6. The zero-order chi connectivity index (χ0) is 20.6. The van der Waals surface area contributed by atoms with E-state index in [9.17, 15) is 9.59 Å². The number of anilines is 2. The third-order valence-corrected chi connectivity index (χ3v) is 4.75. The molecule has 1 aromatic carbocycles. The average Bonchev–Trinajstić information content (AvgIpc) is 2.75. The van der Waals surface area contributed by atoms with Crippen LogP contribution in [0.2, 0.25) is 0 Å². The summed E-state index contributed by atoms with van der Waals surface area (Å²) in [6.45, 7) is 3.29. The van der Waals surface area contributed by atoms with Gasteiger partial charge in [-0.3, -0.25) is 4.79 Å². The Bertz CT molecular complexity index is 850. The number of piperidine rings is 1. The summed E-state index contributed by atoms with van der Waals surface area (Å²) in [4.78, 5) is 30.4. The smallest absolute Gasteiger partial charge is 0.409 e. The van der Waals surface area contributed by atoms with Crippen molar-refractivity contribution in [3.63, 3.8) is 0 Å². The Morgan fingerprint density at radius 2 is 1.97 bits per heavy atom. The zero-order valence-electron chi connectivity index (χ0n) is 16.7. The molecule has 0 spiro atoms. The molecule has 0 aliphatic carbocycles. The van der Waals surface area contributed by atoms with Gasteiger partial charge in [0.2, 0.25) is 0 Å². The molecule has 2 heterocycles. The number of likely N-dealkylation sites (tertiary alicyclic amines) is 1. The Balaban J connectivity index is 1.58. The molecule has 29 heavy (non-hydrogen) atoms. The Kier molecular flexibility index (Phi) is 6.89. The van der Waals surface area contributed by atoms with Crippen molar-refractivity contribution in [1.29, 1.82) is 0 Å². The minimum atomic E-state index is -0.293. The van der Waals surface area contributed by atoms with Crippen molar-refractivity contribution in [2.75, 3.05) is 32.1 Å². The van der Waals surface area contributed by atoms with Gasteiger partial charge in [0.05, 0.1) is 19.4 Å². The predicted molar refractivity (Wildman–Crippen MR) is 110 cm³/mol. The first-order valence-corrected chi connectivity index (χ1v) is 9.69. The summed E-state index contributed by atoms with van der Waals surface area (Å²) >= 11 is 0. The Morgan fingerprint density at radius 3 is 2.69 bits per heavy atom. The van der Waals surface area contributed by atoms with E-state index in [0.29, 0.717) is 49.7 Å². The highest BCUT2D eigenvalue weighted by Crippen LogP contribution is 2.26. The molecule has 0 atom stereocenters. The number of ether oxygens (including phenoxy) is 2. The molecule has 8 heteroatoms. The predicted octanol–water partition coefficient (Wildman–Crippen LogP) is 3.18. The van der Waals surface area contributed by atoms with Gasteiger partial charge < -0.3 is 25.0 Å². The van der Waals surface area contributed by atoms with Crippen LogP contribution >= 0.6 is 0 Å². The van der Waals surface area contributed by atoms with Crippen molar-refractivity contribution in [2.24, 2.45) is 0 Å². The second-order valence-corrected chi connectivity index (χ2v) is 6.69. The molecule has 8 nitrogen and oxygen atoms in total. The first-order chi connectivity index (χ1) is 14.1. The van der Waals surface area contributed by atoms with Crippen molar-refractivity contribution in [3.05, 3.63) is 48.2 Å². The van der Waals surface area contributed by atoms with E-state index in [-0.39, 0.29) is 18.0 Å². The lowest BCUT2D eigenvalue weighted by Crippen LogP contribution is -2.46. The SMILES string of the molecule is CCOC(=O)N1CCC(NC(=O)c2ccnc(Nc3ccccc3OC)c2)CC1. The Labute approximate surface area is 170 Å². The molecule has 0 unspecified atom stereocenters. The number of amides is 2. The highest BCUT2D eigenvalue weighted by molar-refractivity contribution is 5.95. The van der Waals surface area contributed by atoms with Crippen LogP contribution in [-0.2, 0) is 4.74 Å². The summed E-state index contributed by atoms with van der Waals surface area (Å²) in [6.07, 6.45) is 2.69. The lowest BCUT2D eigenvalue weighted by molar-refractivity contribution is 0.0860. The summed E-state index contributed by atoms with van der Waals surface area (Å²) in [7, 11) is 1.60. The molecule has 2 N–H and O–H groups in total. The maximum absolute atomic E-state index is 12.7. The Morgan fingerprint density at radius 1 is 1.21 bits per heavy atom. The van der Waals surface area contributed by atoms with Crippen LogP contribution in [-0.4, -0.2) is 54.7 Å². The van der Waals surface area contributed by atoms with Gasteiger partial charge in [0.15, 0.2) is 0 Å². The second-order valence-electron chi connectivity index (χ2n) is 6.69. The zero-order valence-corrected chi connectivity index (χ0v) is 16.7. The average molecular weight is 398 g/mol. The number of carbonyl (C=O) groups excluding carboxylic acids is 2. The van der Waals surface area contributed by atoms with Gasteiger partial charge in [-0.25, -0.2) is 9.78 Å². The van der Waals surface area contributed by atoms with Crippen LogP contribution in [0, 0.1) is 0 Å². The van der Waals surface area contributed by atoms with E-state index in [4.69, 9.17) is 9.47 Å². The number of hydrogen-bond acceptors (Lipinski definition) is 6. The fourth-order valence-corrected chi connectivity index (χ4v) is 3.22. The molecule has 0 saturated carbocycles. The minimum absolute atomic E-state index is 0.0203. The highest BCUT2D eigenvalue weighted by atomic mass is 16.6. The molecule has 1 aromatic heterocycles. The number of para-hydroxylation sites is 2. The molecule has 154 valence electrons. The van der Waals surface area contributed by atoms with E-state index in [2.05, 4.69) is 15.6 Å². The van der Waals surface area contributed by atoms with Gasteiger partial charge in [0, 0.05) is 30.9 Å². The molecule has 0 radical (unpaired) electrons. The van der Waals surface area contributed by atoms with E-state index in [0.717, 1.165) is 5.69 Å². The third kappa shape index (κ3) is 5.37. The van der Waals surface area contributed by atoms with Gasteiger partial charge in [-0.1, -0.05) is 12.1 Å². The van der Waals surface area contributed by atoms with Gasteiger partial charge in [-0.2, -0.15) is 0 Å². The maximum Gasteiger partial charge on any atom is 0.409 e. The Hall–Kier alpha value is -3.29. The molecule has 2 aromatic rings. The number of pyridine rings is 1. The van der Waals surface area contributed by atoms with Crippen molar-refractivity contribution >= 4 is 23.5 Å². The standard InChI is InChI=1S/C21H26N4O4/c1-3-29-21(27)25-12-9-16(10-13-25)23-20(26)15-8-11-22-19(14-15)24-17-6-4-5-7-18(17)28-2/h4-8,11,14,16H,3,9-10,12-13H2,1-2H3,(H,22,24)(H,23,26). The fourth-order valence-electron chi connectivity index (χ4n) is 3.22. The quantitative estimate of drug-likeness (QED) is 0.776. The molecule has 3 rings (SSSR count). The number of aromatic nitrogens is 1. The fraction of sp³-hybridized carbons (Fsp3) is 0.381. The monoisotopic (exact) mass is 398 g/mol. The third-order valence-electron chi connectivity index (χ3n) is 4.75. The normalized spacial score (nSPS) is 14.2. The number of carbonyl (C=O) groups is 2. The van der Waals surface area contributed by atoms with Crippen LogP contribution in [0.25, 0.3) is 0 Å². The van der Waals surface area contributed by atoms with Gasteiger partial charge in [0.25, 0.3) is 5.91 Å². The van der Waals surface area contributed by atoms with E-state index in [1.807, 2.05) is 24.3 Å². The van der Waals surface area contributed by atoms with E-state index in [1.165, 1.54) is 0 Å². The largest absolute Gasteiger partial charge is 0.495 e. The van der Waals surface area contributed by atoms with Crippen LogP contribution in [0.1, 0.15) is 30.1 Å². The molecule has 2 amide bonds. The number of methoxy groups -OCH3 is 1. The van der Waals surface area contributed by atoms with Gasteiger partial charge >= 0.3 is 6.09 Å². The molecule has 1 fully saturated rings. The molecule has 0 bridgehead atoms. The van der Waals surface area contributed by atoms with E-state index >= 15 is 0 Å². The molecular formula is C21H26N4O4. The first kappa shape index (κ1) is 20.4. The van der Waals surface area contributed by atoms with E-state index in [1.54, 1.807) is 37.3 Å². The van der Waals surface area contributed by atoms with Crippen molar-refractivity contribution in [3.8, 4) is 5.75 Å². The van der Waals surface area contributed by atoms with Crippen LogP contribution in [0.4, 0.5) is 16.3 Å². The van der Waals surface area contributed by atoms with Gasteiger partial charge in [-0.05, 0) is 44.0 Å².